The first-order valence-electron chi connectivity index (χ1n) is 21.8. The van der Waals surface area contributed by atoms with Gasteiger partial charge in [-0.15, -0.1) is 0 Å². The molecule has 0 radical (unpaired) electrons. The number of carbonyl (C=O) groups excluding carboxylic acids is 2. The highest BCUT2D eigenvalue weighted by molar-refractivity contribution is 7.47. The number of carboxylic acids is 1. The normalized spacial score (nSPS) is 15.8. The zero-order valence-electron chi connectivity index (χ0n) is 36.9. The van der Waals surface area contributed by atoms with Crippen molar-refractivity contribution in [3.8, 4) is 0 Å². The predicted molar refractivity (Wildman–Crippen MR) is 247 cm³/mol. The van der Waals surface area contributed by atoms with Gasteiger partial charge >= 0.3 is 25.7 Å². The van der Waals surface area contributed by atoms with Crippen LogP contribution < -0.4 is 5.73 Å². The van der Waals surface area contributed by atoms with Gasteiger partial charge in [0, 0.05) is 12.8 Å². The number of carbonyl (C=O) groups is 3. The van der Waals surface area contributed by atoms with Crippen LogP contribution in [0, 0.1) is 0 Å². The van der Waals surface area contributed by atoms with E-state index in [-0.39, 0.29) is 25.7 Å². The molecule has 0 heterocycles. The second kappa shape index (κ2) is 40.8. The Morgan fingerprint density at radius 2 is 1.15 bits per heavy atom. The summed E-state index contributed by atoms with van der Waals surface area (Å²) < 4.78 is 32.4. The van der Waals surface area contributed by atoms with E-state index in [0.29, 0.717) is 19.3 Å². The van der Waals surface area contributed by atoms with Crippen LogP contribution in [-0.4, -0.2) is 82.3 Å². The van der Waals surface area contributed by atoms with E-state index in [1.807, 2.05) is 24.3 Å². The Labute approximate surface area is 370 Å². The molecule has 1 unspecified atom stereocenters. The third-order valence-electron chi connectivity index (χ3n) is 8.40. The number of aliphatic carboxylic acids is 1. The Morgan fingerprint density at radius 1 is 0.613 bits per heavy atom. The van der Waals surface area contributed by atoms with Crippen LogP contribution in [-0.2, 0) is 37.5 Å². The standard InChI is InChI=1S/C48H74NO12P/c1-3-5-7-9-11-12-13-14-15-16-17-18-19-20-21-22-23-25-31-37-47(53)61-44(40-59-62(56,57)60-41-45(49)48(54)55)39-58-46(52)38-32-36-43(51)35-30-27-26-29-34-42(50)33-28-24-10-8-6-4-2/h5,7,11-12,14-15,17-18,20-21,23-30,34-35,42-45,50-51H,3-4,6,8-10,13,16,19,22,31-33,36-41,49H2,1-2H3,(H,54,55)(H,56,57)/b7-5-,12-11-,15-14-,18-17-,21-20-,25-23-,27-26+,28-24-,34-29+,35-30-/t42-,43-,44-,45+/m1/s1. The topological polar surface area (TPSA) is 212 Å². The van der Waals surface area contributed by atoms with E-state index in [4.69, 9.17) is 24.8 Å². The van der Waals surface area contributed by atoms with Gasteiger partial charge < -0.3 is 35.4 Å². The highest BCUT2D eigenvalue weighted by atomic mass is 31.2. The minimum Gasteiger partial charge on any atom is -0.480 e. The Bertz CT molecular complexity index is 1540. The zero-order valence-corrected chi connectivity index (χ0v) is 37.8. The van der Waals surface area contributed by atoms with Gasteiger partial charge in [0.2, 0.25) is 0 Å². The molecule has 0 saturated carbocycles. The van der Waals surface area contributed by atoms with E-state index in [9.17, 15) is 34.1 Å². The largest absolute Gasteiger partial charge is 0.480 e. The quantitative estimate of drug-likeness (QED) is 0.0129. The monoisotopic (exact) mass is 887 g/mol. The molecule has 0 aromatic rings. The Hall–Kier alpha value is -4.20. The van der Waals surface area contributed by atoms with E-state index in [1.165, 1.54) is 12.8 Å². The molecule has 348 valence electrons. The minimum atomic E-state index is -4.81. The second-order valence-electron chi connectivity index (χ2n) is 14.1. The molecule has 6 N–H and O–H groups in total. The van der Waals surface area contributed by atoms with Crippen LogP contribution in [0.1, 0.15) is 117 Å². The smallest absolute Gasteiger partial charge is 0.472 e. The molecule has 0 aliphatic carbocycles. The Balaban J connectivity index is 4.76. The number of aliphatic hydroxyl groups excluding tert-OH is 2. The summed E-state index contributed by atoms with van der Waals surface area (Å²) in [6, 6.07) is -1.58. The Kier molecular flexibility index (Phi) is 38.1. The van der Waals surface area contributed by atoms with E-state index >= 15 is 0 Å². The van der Waals surface area contributed by atoms with Gasteiger partial charge in [-0.1, -0.05) is 148 Å². The van der Waals surface area contributed by atoms with Crippen molar-refractivity contribution in [2.24, 2.45) is 5.73 Å². The predicted octanol–water partition coefficient (Wildman–Crippen LogP) is 9.55. The van der Waals surface area contributed by atoms with Crippen LogP contribution in [0.3, 0.4) is 0 Å². The fourth-order valence-corrected chi connectivity index (χ4v) is 5.71. The lowest BCUT2D eigenvalue weighted by molar-refractivity contribution is -0.161. The average Bonchev–Trinajstić information content (AvgIpc) is 3.24. The van der Waals surface area contributed by atoms with E-state index < -0.39 is 69.9 Å². The van der Waals surface area contributed by atoms with Gasteiger partial charge in [0.15, 0.2) is 6.10 Å². The number of unbranched alkanes of at least 4 members (excludes halogenated alkanes) is 3. The lowest BCUT2D eigenvalue weighted by Gasteiger charge is -2.20. The average molecular weight is 888 g/mol. The number of phosphoric acid groups is 1. The molecule has 62 heavy (non-hydrogen) atoms. The fraction of sp³-hybridized carbons (Fsp3) is 0.521. The maximum atomic E-state index is 12.6. The molecular formula is C48H74NO12P. The summed E-state index contributed by atoms with van der Waals surface area (Å²) in [4.78, 5) is 46.0. The highest BCUT2D eigenvalue weighted by Gasteiger charge is 2.28. The molecule has 5 atom stereocenters. The van der Waals surface area contributed by atoms with E-state index in [1.54, 1.807) is 36.5 Å². The minimum absolute atomic E-state index is 0.0248. The number of esters is 2. The molecule has 0 bridgehead atoms. The van der Waals surface area contributed by atoms with Crippen molar-refractivity contribution in [3.63, 3.8) is 0 Å². The SMILES string of the molecule is CC/C=C\C/C=C\C/C=C\C/C=C\C/C=C\C/C=C\CCC(=O)O[C@H](COC(=O)CCC[C@H](O)\C=C/C=C/C=C/[C@H](O)C/C=C\CCCCC)COP(=O)(O)OC[C@H](N)C(=O)O. The molecule has 0 rings (SSSR count). The summed E-state index contributed by atoms with van der Waals surface area (Å²) in [6.45, 7) is 2.27. The summed E-state index contributed by atoms with van der Waals surface area (Å²) in [7, 11) is -4.81. The molecule has 0 aromatic carbocycles. The second-order valence-corrected chi connectivity index (χ2v) is 15.6. The number of rotatable bonds is 38. The summed E-state index contributed by atoms with van der Waals surface area (Å²) in [5.41, 5.74) is 5.31. The molecule has 0 aliphatic rings. The molecule has 0 aliphatic heterocycles. The first kappa shape index (κ1) is 57.8. The van der Waals surface area contributed by atoms with Gasteiger partial charge in [-0.3, -0.25) is 23.4 Å². The van der Waals surface area contributed by atoms with Crippen molar-refractivity contribution in [1.29, 1.82) is 0 Å². The number of phosphoric ester groups is 1. The number of ether oxygens (including phenoxy) is 2. The summed E-state index contributed by atoms with van der Waals surface area (Å²) >= 11 is 0. The Morgan fingerprint density at radius 3 is 1.71 bits per heavy atom. The van der Waals surface area contributed by atoms with Crippen LogP contribution in [0.4, 0.5) is 0 Å². The van der Waals surface area contributed by atoms with Crippen molar-refractivity contribution < 1.29 is 57.7 Å². The molecule has 0 fully saturated rings. The van der Waals surface area contributed by atoms with Crippen LogP contribution in [0.5, 0.6) is 0 Å². The molecule has 0 amide bonds. The molecule has 0 saturated heterocycles. The van der Waals surface area contributed by atoms with E-state index in [0.717, 1.165) is 44.9 Å². The van der Waals surface area contributed by atoms with E-state index in [2.05, 4.69) is 79.1 Å². The number of nitrogens with two attached hydrogens (primary N) is 1. The van der Waals surface area contributed by atoms with Crippen molar-refractivity contribution in [1.82, 2.24) is 0 Å². The summed E-state index contributed by atoms with van der Waals surface area (Å²) in [5.74, 6) is -2.78. The first-order chi connectivity index (χ1) is 29.9. The summed E-state index contributed by atoms with van der Waals surface area (Å²) in [6.07, 6.45) is 47.7. The van der Waals surface area contributed by atoms with Gasteiger partial charge in [0.05, 0.1) is 25.4 Å². The first-order valence-corrected chi connectivity index (χ1v) is 23.3. The number of aliphatic hydroxyl groups is 2. The van der Waals surface area contributed by atoms with Crippen LogP contribution in [0.2, 0.25) is 0 Å². The van der Waals surface area contributed by atoms with Crippen molar-refractivity contribution in [2.45, 2.75) is 141 Å². The van der Waals surface area contributed by atoms with Gasteiger partial charge in [-0.25, -0.2) is 4.57 Å². The third-order valence-corrected chi connectivity index (χ3v) is 9.35. The van der Waals surface area contributed by atoms with Crippen LogP contribution in [0.25, 0.3) is 0 Å². The number of hydrogen-bond donors (Lipinski definition) is 5. The van der Waals surface area contributed by atoms with Gasteiger partial charge in [-0.2, -0.15) is 0 Å². The molecule has 13 nitrogen and oxygen atoms in total. The van der Waals surface area contributed by atoms with Crippen molar-refractivity contribution in [3.05, 3.63) is 122 Å². The van der Waals surface area contributed by atoms with Crippen LogP contribution >= 0.6 is 7.82 Å². The molecule has 0 spiro atoms. The number of carboxylic acid groups (broad SMARTS) is 1. The van der Waals surface area contributed by atoms with Gasteiger partial charge in [0.25, 0.3) is 0 Å². The molecular weight excluding hydrogens is 813 g/mol. The van der Waals surface area contributed by atoms with Crippen molar-refractivity contribution >= 4 is 25.7 Å². The number of allylic oxidation sites excluding steroid dienone is 17. The number of hydrogen-bond acceptors (Lipinski definition) is 11. The lowest BCUT2D eigenvalue weighted by atomic mass is 10.1. The maximum Gasteiger partial charge on any atom is 0.472 e. The van der Waals surface area contributed by atoms with Gasteiger partial charge in [-0.05, 0) is 77.0 Å². The maximum absolute atomic E-state index is 12.6. The summed E-state index contributed by atoms with van der Waals surface area (Å²) in [5, 5.41) is 29.2. The fourth-order valence-electron chi connectivity index (χ4n) is 4.93. The van der Waals surface area contributed by atoms with Crippen LogP contribution in [0.15, 0.2) is 122 Å². The van der Waals surface area contributed by atoms with Gasteiger partial charge in [0.1, 0.15) is 12.6 Å². The van der Waals surface area contributed by atoms with Crippen molar-refractivity contribution in [2.75, 3.05) is 19.8 Å². The lowest BCUT2D eigenvalue weighted by Crippen LogP contribution is -2.34. The third kappa shape index (κ3) is 39.9. The molecule has 14 heteroatoms. The zero-order chi connectivity index (χ0) is 45.9. The molecule has 0 aromatic heterocycles. The highest BCUT2D eigenvalue weighted by Crippen LogP contribution is 2.43.